The summed E-state index contributed by atoms with van der Waals surface area (Å²) in [4.78, 5) is 16.9. The Morgan fingerprint density at radius 1 is 0.879 bits per heavy atom. The van der Waals surface area contributed by atoms with Gasteiger partial charge in [0.05, 0.1) is 0 Å². The molecule has 4 rings (SSSR count). The molecule has 0 saturated heterocycles. The lowest BCUT2D eigenvalue weighted by atomic mass is 10.1. The fourth-order valence-corrected chi connectivity index (χ4v) is 3.71. The quantitative estimate of drug-likeness (QED) is 0.316. The van der Waals surface area contributed by atoms with Crippen LogP contribution in [0.15, 0.2) is 53.9 Å². The van der Waals surface area contributed by atoms with Gasteiger partial charge in [-0.15, -0.1) is 11.3 Å². The largest absolute Gasteiger partial charge is 0.434 e. The van der Waals surface area contributed by atoms with Crippen molar-refractivity contribution < 1.29 is 17.6 Å². The zero-order valence-corrected chi connectivity index (χ0v) is 18.3. The zero-order valence-electron chi connectivity index (χ0n) is 17.5. The van der Waals surface area contributed by atoms with Gasteiger partial charge in [0.1, 0.15) is 10.8 Å². The Labute approximate surface area is 190 Å². The molecule has 33 heavy (non-hydrogen) atoms. The van der Waals surface area contributed by atoms with Crippen LogP contribution in [0.1, 0.15) is 19.5 Å². The van der Waals surface area contributed by atoms with Gasteiger partial charge in [-0.1, -0.05) is 30.3 Å². The van der Waals surface area contributed by atoms with Gasteiger partial charge in [0.25, 0.3) is 0 Å². The summed E-state index contributed by atoms with van der Waals surface area (Å²) in [7, 11) is 0. The molecule has 0 radical (unpaired) electrons. The Morgan fingerprint density at radius 3 is 2.21 bits per heavy atom. The highest BCUT2D eigenvalue weighted by Gasteiger charge is 2.33. The van der Waals surface area contributed by atoms with Gasteiger partial charge in [0, 0.05) is 28.2 Å². The molecule has 0 spiro atoms. The first-order valence-electron chi connectivity index (χ1n) is 9.86. The molecule has 0 aliphatic heterocycles. The molecule has 0 saturated carbocycles. The molecule has 0 bridgehead atoms. The van der Waals surface area contributed by atoms with Crippen molar-refractivity contribution in [1.29, 1.82) is 0 Å². The van der Waals surface area contributed by atoms with Crippen LogP contribution in [0.25, 0.3) is 22.0 Å². The van der Waals surface area contributed by atoms with E-state index in [1.807, 2.05) is 13.8 Å². The highest BCUT2D eigenvalue weighted by atomic mass is 32.1. The smallest absolute Gasteiger partial charge is 0.352 e. The van der Waals surface area contributed by atoms with Crippen LogP contribution in [0.5, 0.6) is 0 Å². The molecule has 0 amide bonds. The summed E-state index contributed by atoms with van der Waals surface area (Å²) in [5, 5.41) is 7.33. The van der Waals surface area contributed by atoms with E-state index in [1.54, 1.807) is 36.4 Å². The highest BCUT2D eigenvalue weighted by molar-refractivity contribution is 7.13. The molecule has 0 unspecified atom stereocenters. The first kappa shape index (κ1) is 22.6. The Balaban J connectivity index is 1.65. The number of nitrogens with one attached hydrogen (secondary N) is 2. The predicted octanol–water partition coefficient (Wildman–Crippen LogP) is 6.38. The van der Waals surface area contributed by atoms with Crippen molar-refractivity contribution in [3.05, 3.63) is 65.4 Å². The van der Waals surface area contributed by atoms with E-state index in [1.165, 1.54) is 12.1 Å². The van der Waals surface area contributed by atoms with Gasteiger partial charge in [-0.2, -0.15) is 28.1 Å². The third kappa shape index (κ3) is 5.61. The van der Waals surface area contributed by atoms with Crippen LogP contribution >= 0.6 is 11.3 Å². The number of anilines is 3. The summed E-state index contributed by atoms with van der Waals surface area (Å²) in [5.41, 5.74) is 0.735. The second-order valence-electron chi connectivity index (χ2n) is 7.35. The van der Waals surface area contributed by atoms with Crippen molar-refractivity contribution in [3.63, 3.8) is 0 Å². The molecule has 2 aromatic carbocycles. The van der Waals surface area contributed by atoms with E-state index in [0.29, 0.717) is 28.6 Å². The summed E-state index contributed by atoms with van der Waals surface area (Å²) < 4.78 is 52.0. The van der Waals surface area contributed by atoms with E-state index < -0.39 is 17.7 Å². The minimum atomic E-state index is -4.48. The molecule has 0 atom stereocenters. The molecule has 2 heterocycles. The second-order valence-corrected chi connectivity index (χ2v) is 8.21. The maximum atomic E-state index is 13.5. The SMILES string of the molecule is CC(C)Nc1nc(Nc2cccc(F)c2)nc(-c2ccc(-c3nc(C(F)(F)F)cs3)cc2)n1. The molecule has 11 heteroatoms. The Morgan fingerprint density at radius 2 is 1.58 bits per heavy atom. The van der Waals surface area contributed by atoms with Crippen LogP contribution < -0.4 is 10.6 Å². The van der Waals surface area contributed by atoms with Crippen molar-refractivity contribution >= 4 is 28.9 Å². The maximum absolute atomic E-state index is 13.5. The van der Waals surface area contributed by atoms with Crippen molar-refractivity contribution in [2.24, 2.45) is 0 Å². The number of halogens is 4. The van der Waals surface area contributed by atoms with Crippen molar-refractivity contribution in [1.82, 2.24) is 19.9 Å². The number of hydrogen-bond donors (Lipinski definition) is 2. The van der Waals surface area contributed by atoms with Crippen molar-refractivity contribution in [2.75, 3.05) is 10.6 Å². The number of hydrogen-bond acceptors (Lipinski definition) is 7. The standard InChI is InChI=1S/C22H18F4N6S/c1-12(2)27-20-30-18(31-21(32-20)28-16-5-3-4-15(23)10-16)13-6-8-14(9-7-13)19-29-17(11-33-19)22(24,25)26/h3-12H,1-2H3,(H2,27,28,30,31,32). The average molecular weight is 474 g/mol. The molecule has 2 aromatic heterocycles. The molecule has 0 aliphatic rings. The Bertz CT molecular complexity index is 1250. The molecular weight excluding hydrogens is 456 g/mol. The number of thiazole rings is 1. The number of alkyl halides is 3. The lowest BCUT2D eigenvalue weighted by Crippen LogP contribution is -2.14. The third-order valence-electron chi connectivity index (χ3n) is 4.32. The fraction of sp³-hybridized carbons (Fsp3) is 0.182. The van der Waals surface area contributed by atoms with Gasteiger partial charge < -0.3 is 10.6 Å². The van der Waals surface area contributed by atoms with Crippen molar-refractivity contribution in [3.8, 4) is 22.0 Å². The summed E-state index contributed by atoms with van der Waals surface area (Å²) >= 11 is 0.922. The summed E-state index contributed by atoms with van der Waals surface area (Å²) in [5.74, 6) is 0.482. The topological polar surface area (TPSA) is 75.6 Å². The van der Waals surface area contributed by atoms with Gasteiger partial charge in [0.2, 0.25) is 11.9 Å². The molecule has 0 aliphatic carbocycles. The Hall–Kier alpha value is -3.60. The number of nitrogens with zero attached hydrogens (tertiary/aromatic N) is 4. The van der Waals surface area contributed by atoms with E-state index in [4.69, 9.17) is 0 Å². The van der Waals surface area contributed by atoms with E-state index in [2.05, 4.69) is 30.6 Å². The number of benzene rings is 2. The van der Waals surface area contributed by atoms with E-state index >= 15 is 0 Å². The molecule has 4 aromatic rings. The molecule has 6 nitrogen and oxygen atoms in total. The van der Waals surface area contributed by atoms with Crippen LogP contribution in [-0.2, 0) is 6.18 Å². The lowest BCUT2D eigenvalue weighted by molar-refractivity contribution is -0.140. The van der Waals surface area contributed by atoms with Gasteiger partial charge in [-0.25, -0.2) is 9.37 Å². The zero-order chi connectivity index (χ0) is 23.6. The normalized spacial score (nSPS) is 11.6. The predicted molar refractivity (Wildman–Crippen MR) is 120 cm³/mol. The minimum Gasteiger partial charge on any atom is -0.352 e. The molecule has 0 fully saturated rings. The third-order valence-corrected chi connectivity index (χ3v) is 5.21. The Kier molecular flexibility index (Phi) is 6.23. The summed E-state index contributed by atoms with van der Waals surface area (Å²) in [6.45, 7) is 3.86. The molecule has 2 N–H and O–H groups in total. The second kappa shape index (κ2) is 9.10. The highest BCUT2D eigenvalue weighted by Crippen LogP contribution is 2.34. The summed E-state index contributed by atoms with van der Waals surface area (Å²) in [6.07, 6.45) is -4.48. The van der Waals surface area contributed by atoms with E-state index in [-0.39, 0.29) is 17.0 Å². The van der Waals surface area contributed by atoms with Crippen LogP contribution in [0.2, 0.25) is 0 Å². The fourth-order valence-electron chi connectivity index (χ4n) is 2.88. The summed E-state index contributed by atoms with van der Waals surface area (Å²) in [6, 6.07) is 12.7. The van der Waals surface area contributed by atoms with Gasteiger partial charge >= 0.3 is 6.18 Å². The number of rotatable bonds is 6. The van der Waals surface area contributed by atoms with E-state index in [9.17, 15) is 17.6 Å². The van der Waals surface area contributed by atoms with E-state index in [0.717, 1.165) is 16.7 Å². The van der Waals surface area contributed by atoms with Gasteiger partial charge in [-0.3, -0.25) is 0 Å². The first-order chi connectivity index (χ1) is 15.7. The van der Waals surface area contributed by atoms with Gasteiger partial charge in [-0.05, 0) is 32.0 Å². The maximum Gasteiger partial charge on any atom is 0.434 e. The van der Waals surface area contributed by atoms with Crippen molar-refractivity contribution in [2.45, 2.75) is 26.1 Å². The van der Waals surface area contributed by atoms with Crippen LogP contribution in [-0.4, -0.2) is 26.0 Å². The van der Waals surface area contributed by atoms with Crippen LogP contribution in [0.4, 0.5) is 35.1 Å². The average Bonchev–Trinajstić information content (AvgIpc) is 3.24. The monoisotopic (exact) mass is 474 g/mol. The number of aromatic nitrogens is 4. The van der Waals surface area contributed by atoms with Crippen LogP contribution in [0, 0.1) is 5.82 Å². The van der Waals surface area contributed by atoms with Gasteiger partial charge in [0.15, 0.2) is 11.5 Å². The first-order valence-corrected chi connectivity index (χ1v) is 10.7. The van der Waals surface area contributed by atoms with Crippen LogP contribution in [0.3, 0.4) is 0 Å². The lowest BCUT2D eigenvalue weighted by Gasteiger charge is -2.12. The molecule has 170 valence electrons. The molecular formula is C22H18F4N6S. The minimum absolute atomic E-state index is 0.0531.